The van der Waals surface area contributed by atoms with Crippen LogP contribution in [0.1, 0.15) is 34.3 Å². The van der Waals surface area contributed by atoms with Gasteiger partial charge in [0, 0.05) is 24.2 Å². The molecule has 2 heterocycles. The molecular weight excluding hydrogens is 406 g/mol. The molecule has 0 spiro atoms. The summed E-state index contributed by atoms with van der Waals surface area (Å²) in [6.07, 6.45) is 1.09. The van der Waals surface area contributed by atoms with Crippen LogP contribution in [-0.4, -0.2) is 44.1 Å². The first-order valence-corrected chi connectivity index (χ1v) is 11.0. The molecule has 4 rings (SSSR count). The number of fused-ring (bicyclic) bond motifs is 1. The molecule has 0 radical (unpaired) electrons. The summed E-state index contributed by atoms with van der Waals surface area (Å²) in [6, 6.07) is 13.4. The smallest absolute Gasteiger partial charge is 0.309 e. The molecule has 8 nitrogen and oxygen atoms in total. The van der Waals surface area contributed by atoms with E-state index in [9.17, 15) is 18.0 Å². The van der Waals surface area contributed by atoms with Crippen LogP contribution in [0.15, 0.2) is 57.8 Å². The summed E-state index contributed by atoms with van der Waals surface area (Å²) in [4.78, 5) is 25.8. The van der Waals surface area contributed by atoms with Gasteiger partial charge in [-0.25, -0.2) is 0 Å². The lowest BCUT2D eigenvalue weighted by atomic mass is 9.96. The number of hydrogen-bond acceptors (Lipinski definition) is 6. The van der Waals surface area contributed by atoms with Crippen molar-refractivity contribution in [2.75, 3.05) is 13.1 Å². The Bertz CT molecular complexity index is 1130. The van der Waals surface area contributed by atoms with Crippen molar-refractivity contribution in [1.29, 1.82) is 0 Å². The van der Waals surface area contributed by atoms with Crippen molar-refractivity contribution in [2.24, 2.45) is 16.0 Å². The molecular formula is C21H21N3O5S. The summed E-state index contributed by atoms with van der Waals surface area (Å²) >= 11 is 0. The number of rotatable bonds is 4. The Morgan fingerprint density at radius 3 is 2.57 bits per heavy atom. The van der Waals surface area contributed by atoms with Crippen LogP contribution in [0.2, 0.25) is 0 Å². The van der Waals surface area contributed by atoms with Gasteiger partial charge in [0.05, 0.1) is 5.92 Å². The number of amides is 1. The number of sulfonamides is 1. The quantitative estimate of drug-likeness (QED) is 0.742. The van der Waals surface area contributed by atoms with Crippen LogP contribution in [-0.2, 0) is 26.2 Å². The highest BCUT2D eigenvalue weighted by molar-refractivity contribution is 7.90. The maximum Gasteiger partial charge on any atom is 0.309 e. The fourth-order valence-electron chi connectivity index (χ4n) is 3.73. The van der Waals surface area contributed by atoms with Crippen molar-refractivity contribution < 1.29 is 22.7 Å². The van der Waals surface area contributed by atoms with Crippen LogP contribution < -0.4 is 5.73 Å². The summed E-state index contributed by atoms with van der Waals surface area (Å²) < 4.78 is 33.9. The van der Waals surface area contributed by atoms with Gasteiger partial charge in [0.25, 0.3) is 10.0 Å². The lowest BCUT2D eigenvalue weighted by Gasteiger charge is -2.32. The first-order valence-electron chi connectivity index (χ1n) is 9.60. The number of amidine groups is 1. The van der Waals surface area contributed by atoms with Crippen molar-refractivity contribution in [3.8, 4) is 0 Å². The molecule has 0 bridgehead atoms. The molecule has 2 aliphatic rings. The Hall–Kier alpha value is -3.20. The average Bonchev–Trinajstić information content (AvgIpc) is 3.03. The Balaban J connectivity index is 1.35. The molecule has 0 saturated carbocycles. The third-order valence-corrected chi connectivity index (χ3v) is 6.66. The van der Waals surface area contributed by atoms with E-state index < -0.39 is 15.9 Å². The Morgan fingerprint density at radius 2 is 1.83 bits per heavy atom. The van der Waals surface area contributed by atoms with E-state index >= 15 is 0 Å². The fourth-order valence-corrected chi connectivity index (χ4v) is 4.96. The van der Waals surface area contributed by atoms with Crippen LogP contribution >= 0.6 is 0 Å². The van der Waals surface area contributed by atoms with E-state index in [1.165, 1.54) is 0 Å². The second-order valence-corrected chi connectivity index (χ2v) is 8.89. The summed E-state index contributed by atoms with van der Waals surface area (Å²) in [5.41, 5.74) is 6.93. The van der Waals surface area contributed by atoms with Crippen molar-refractivity contribution in [3.05, 3.63) is 65.2 Å². The topological polar surface area (TPSA) is 119 Å². The highest BCUT2D eigenvalue weighted by atomic mass is 32.2. The fraction of sp³-hybridized carbons (Fsp3) is 0.286. The van der Waals surface area contributed by atoms with Gasteiger partial charge in [-0.2, -0.15) is 8.42 Å². The van der Waals surface area contributed by atoms with Crippen LogP contribution in [0.3, 0.4) is 0 Å². The summed E-state index contributed by atoms with van der Waals surface area (Å²) in [5, 5.41) is 0. The molecule has 2 aromatic rings. The van der Waals surface area contributed by atoms with Crippen molar-refractivity contribution in [3.63, 3.8) is 0 Å². The largest absolute Gasteiger partial charge is 0.461 e. The van der Waals surface area contributed by atoms with Crippen LogP contribution in [0.4, 0.5) is 0 Å². The molecule has 0 aliphatic carbocycles. The number of carbonyl (C=O) groups excluding carboxylic acids is 2. The zero-order valence-corrected chi connectivity index (χ0v) is 17.0. The number of likely N-dealkylation sites (tertiary alicyclic amines) is 1. The van der Waals surface area contributed by atoms with Crippen LogP contribution in [0, 0.1) is 5.92 Å². The molecule has 1 saturated heterocycles. The predicted molar refractivity (Wildman–Crippen MR) is 109 cm³/mol. The normalized spacial score (nSPS) is 17.9. The van der Waals surface area contributed by atoms with Gasteiger partial charge >= 0.3 is 5.97 Å². The molecule has 2 aliphatic heterocycles. The highest BCUT2D eigenvalue weighted by Crippen LogP contribution is 2.30. The van der Waals surface area contributed by atoms with E-state index in [0.717, 1.165) is 0 Å². The maximum atomic E-state index is 12.5. The first-order chi connectivity index (χ1) is 14.3. The molecule has 2 aromatic carbocycles. The minimum atomic E-state index is -3.66. The minimum absolute atomic E-state index is 0.0680. The van der Waals surface area contributed by atoms with Crippen LogP contribution in [0.25, 0.3) is 0 Å². The monoisotopic (exact) mass is 427 g/mol. The van der Waals surface area contributed by atoms with E-state index in [-0.39, 0.29) is 23.4 Å². The SMILES string of the molecule is NC(=O)c1cccc(COC(=O)C2CCN(C3=NS(=O)(=O)c4ccccc43)CC2)c1. The first kappa shape index (κ1) is 20.1. The number of benzene rings is 2. The molecule has 9 heteroatoms. The molecule has 0 aromatic heterocycles. The number of piperidine rings is 1. The number of carbonyl (C=O) groups is 2. The third kappa shape index (κ3) is 3.93. The Morgan fingerprint density at radius 1 is 1.10 bits per heavy atom. The second-order valence-electron chi connectivity index (χ2n) is 7.32. The lowest BCUT2D eigenvalue weighted by molar-refractivity contribution is -0.151. The van der Waals surface area contributed by atoms with Gasteiger partial charge in [-0.05, 0) is 42.7 Å². The number of nitrogens with zero attached hydrogens (tertiary/aromatic N) is 2. The molecule has 156 valence electrons. The van der Waals surface area contributed by atoms with Gasteiger partial charge in [0.2, 0.25) is 5.91 Å². The Kier molecular flexibility index (Phi) is 5.29. The zero-order chi connectivity index (χ0) is 21.3. The maximum absolute atomic E-state index is 12.5. The standard InChI is InChI=1S/C21H21N3O5S/c22-19(25)16-5-3-4-14(12-16)13-29-21(26)15-8-10-24(11-9-15)20-17-6-1-2-7-18(17)30(27,28)23-20/h1-7,12,15H,8-11,13H2,(H2,22,25). The summed E-state index contributed by atoms with van der Waals surface area (Å²) in [6.45, 7) is 1.09. The number of primary amides is 1. The van der Waals surface area contributed by atoms with E-state index in [1.54, 1.807) is 48.5 Å². The van der Waals surface area contributed by atoms with Gasteiger partial charge in [0.1, 0.15) is 11.5 Å². The highest BCUT2D eigenvalue weighted by Gasteiger charge is 2.34. The number of hydrogen-bond donors (Lipinski definition) is 1. The summed E-state index contributed by atoms with van der Waals surface area (Å²) in [7, 11) is -3.66. The van der Waals surface area contributed by atoms with Gasteiger partial charge in [-0.3, -0.25) is 9.59 Å². The summed E-state index contributed by atoms with van der Waals surface area (Å²) in [5.74, 6) is -0.662. The number of esters is 1. The Labute approximate surface area is 174 Å². The minimum Gasteiger partial charge on any atom is -0.461 e. The molecule has 0 unspecified atom stereocenters. The van der Waals surface area contributed by atoms with Crippen molar-refractivity contribution >= 4 is 27.7 Å². The molecule has 30 heavy (non-hydrogen) atoms. The molecule has 0 atom stereocenters. The molecule has 1 fully saturated rings. The van der Waals surface area contributed by atoms with Crippen molar-refractivity contribution in [1.82, 2.24) is 4.90 Å². The predicted octanol–water partition coefficient (Wildman–Crippen LogP) is 1.69. The second kappa shape index (κ2) is 7.91. The van der Waals surface area contributed by atoms with Gasteiger partial charge in [0.15, 0.2) is 5.84 Å². The lowest BCUT2D eigenvalue weighted by Crippen LogP contribution is -2.40. The van der Waals surface area contributed by atoms with E-state index in [0.29, 0.717) is 48.5 Å². The van der Waals surface area contributed by atoms with Gasteiger partial charge in [-0.15, -0.1) is 4.40 Å². The van der Waals surface area contributed by atoms with Gasteiger partial charge in [-0.1, -0.05) is 24.3 Å². The number of nitrogens with two attached hydrogens (primary N) is 1. The van der Waals surface area contributed by atoms with Crippen molar-refractivity contribution in [2.45, 2.75) is 24.3 Å². The van der Waals surface area contributed by atoms with Gasteiger partial charge < -0.3 is 15.4 Å². The molecule has 1 amide bonds. The number of ether oxygens (including phenoxy) is 1. The molecule has 2 N–H and O–H groups in total. The third-order valence-electron chi connectivity index (χ3n) is 5.33. The zero-order valence-electron chi connectivity index (χ0n) is 16.2. The van der Waals surface area contributed by atoms with E-state index in [1.807, 2.05) is 4.90 Å². The van der Waals surface area contributed by atoms with E-state index in [4.69, 9.17) is 10.5 Å². The average molecular weight is 427 g/mol. The van der Waals surface area contributed by atoms with Crippen LogP contribution in [0.5, 0.6) is 0 Å². The van der Waals surface area contributed by atoms with E-state index in [2.05, 4.69) is 4.40 Å².